The number of halogens is 4. The van der Waals surface area contributed by atoms with Gasteiger partial charge in [-0.05, 0) is 43.7 Å². The number of hydrogen-bond acceptors (Lipinski definition) is 7. The van der Waals surface area contributed by atoms with E-state index in [1.165, 1.54) is 17.4 Å². The Balaban J connectivity index is 0.00000228. The smallest absolute Gasteiger partial charge is 0.332 e. The highest BCUT2D eigenvalue weighted by Crippen LogP contribution is 2.27. The standard InChI is InChI=1S/C23H24FN5O3S2.3ClH/c1-4-17-9-18(11-19(10-17)34(24,31)32)14-28-7-8-29(15(2)13-28)22(30)12-21-16(3)26-23(33-21)20-5-6-25-27-20;;;/h1,5-6,9-11,15H,7-8,12-14H2,2-3H3,(H,25,27);3*1H/t15-;;;/m1.../s1. The number of piperazine rings is 1. The Morgan fingerprint density at radius 1 is 1.27 bits per heavy atom. The van der Waals surface area contributed by atoms with Crippen molar-refractivity contribution in [3.63, 3.8) is 0 Å². The lowest BCUT2D eigenvalue weighted by atomic mass is 10.1. The number of aryl methyl sites for hydroxylation is 1. The molecule has 0 spiro atoms. The van der Waals surface area contributed by atoms with Gasteiger partial charge in [-0.1, -0.05) is 5.92 Å². The lowest BCUT2D eigenvalue weighted by Crippen LogP contribution is -2.54. The van der Waals surface area contributed by atoms with E-state index >= 15 is 0 Å². The summed E-state index contributed by atoms with van der Waals surface area (Å²) < 4.78 is 36.2. The SMILES string of the molecule is C#Cc1cc(CN2CCN(C(=O)Cc3sc(-c4ccn[nH]4)nc3C)[C@H](C)C2)cc(S(=O)(=O)F)c1.Cl.Cl.Cl. The maximum Gasteiger partial charge on any atom is 0.332 e. The van der Waals surface area contributed by atoms with Crippen molar-refractivity contribution in [1.82, 2.24) is 25.0 Å². The van der Waals surface area contributed by atoms with Crippen LogP contribution < -0.4 is 0 Å². The predicted octanol–water partition coefficient (Wildman–Crippen LogP) is 4.02. The maximum absolute atomic E-state index is 13.5. The Morgan fingerprint density at radius 2 is 2.00 bits per heavy atom. The first-order valence-corrected chi connectivity index (χ1v) is 12.9. The molecule has 3 aromatic rings. The van der Waals surface area contributed by atoms with E-state index in [0.29, 0.717) is 37.3 Å². The van der Waals surface area contributed by atoms with Gasteiger partial charge in [0.05, 0.1) is 17.8 Å². The van der Waals surface area contributed by atoms with E-state index in [9.17, 15) is 17.1 Å². The first kappa shape index (κ1) is 32.8. The van der Waals surface area contributed by atoms with Gasteiger partial charge in [-0.3, -0.25) is 14.8 Å². The molecule has 3 heterocycles. The number of aromatic nitrogens is 3. The van der Waals surface area contributed by atoms with Crippen LogP contribution in [0.2, 0.25) is 0 Å². The summed E-state index contributed by atoms with van der Waals surface area (Å²) in [4.78, 5) is 22.1. The summed E-state index contributed by atoms with van der Waals surface area (Å²) in [6.45, 7) is 6.03. The minimum atomic E-state index is -4.85. The Bertz CT molecular complexity index is 1360. The van der Waals surface area contributed by atoms with Crippen molar-refractivity contribution in [2.75, 3.05) is 19.6 Å². The Morgan fingerprint density at radius 3 is 2.59 bits per heavy atom. The summed E-state index contributed by atoms with van der Waals surface area (Å²) in [7, 11) is -4.85. The zero-order valence-electron chi connectivity index (χ0n) is 20.0. The second kappa shape index (κ2) is 13.6. The third-order valence-electron chi connectivity index (χ3n) is 5.79. The maximum atomic E-state index is 13.5. The summed E-state index contributed by atoms with van der Waals surface area (Å²) in [6.07, 6.45) is 7.35. The van der Waals surface area contributed by atoms with Crippen molar-refractivity contribution >= 4 is 64.7 Å². The molecule has 1 saturated heterocycles. The van der Waals surface area contributed by atoms with Crippen molar-refractivity contribution in [2.24, 2.45) is 0 Å². The molecule has 2 aromatic heterocycles. The van der Waals surface area contributed by atoms with E-state index in [1.807, 2.05) is 24.8 Å². The van der Waals surface area contributed by atoms with Crippen molar-refractivity contribution in [3.8, 4) is 23.0 Å². The van der Waals surface area contributed by atoms with Gasteiger partial charge < -0.3 is 4.90 Å². The minimum Gasteiger partial charge on any atom is -0.337 e. The van der Waals surface area contributed by atoms with Crippen molar-refractivity contribution < 1.29 is 17.1 Å². The van der Waals surface area contributed by atoms with Gasteiger partial charge in [0.1, 0.15) is 9.90 Å². The monoisotopic (exact) mass is 609 g/mol. The normalized spacial score (nSPS) is 15.6. The van der Waals surface area contributed by atoms with Gasteiger partial charge in [0, 0.05) is 48.9 Å². The summed E-state index contributed by atoms with van der Waals surface area (Å²) >= 11 is 1.48. The van der Waals surface area contributed by atoms with Crippen LogP contribution in [0.4, 0.5) is 3.89 Å². The van der Waals surface area contributed by atoms with E-state index in [1.54, 1.807) is 12.3 Å². The molecule has 0 saturated carbocycles. The number of thiazole rings is 1. The number of nitrogens with one attached hydrogen (secondary N) is 1. The molecule has 1 aliphatic heterocycles. The van der Waals surface area contributed by atoms with Crippen LogP contribution in [0.3, 0.4) is 0 Å². The largest absolute Gasteiger partial charge is 0.337 e. The van der Waals surface area contributed by atoms with Crippen molar-refractivity contribution in [3.05, 3.63) is 52.2 Å². The average molecular weight is 611 g/mol. The number of carbonyl (C=O) groups is 1. The Hall–Kier alpha value is -2.20. The molecule has 0 aliphatic carbocycles. The number of terminal acetylenes is 1. The molecule has 37 heavy (non-hydrogen) atoms. The van der Waals surface area contributed by atoms with Crippen molar-refractivity contribution in [1.29, 1.82) is 0 Å². The predicted molar refractivity (Wildman–Crippen MR) is 149 cm³/mol. The third kappa shape index (κ3) is 7.89. The lowest BCUT2D eigenvalue weighted by molar-refractivity contribution is -0.135. The summed E-state index contributed by atoms with van der Waals surface area (Å²) in [5.41, 5.74) is 2.59. The van der Waals surface area contributed by atoms with Gasteiger partial charge in [-0.25, -0.2) is 4.98 Å². The fourth-order valence-electron chi connectivity index (χ4n) is 4.10. The number of H-pyrrole nitrogens is 1. The first-order chi connectivity index (χ1) is 16.1. The van der Waals surface area contributed by atoms with Crippen LogP contribution in [0.15, 0.2) is 35.4 Å². The van der Waals surface area contributed by atoms with Crippen LogP contribution in [-0.4, -0.2) is 65.0 Å². The molecular formula is C23H27Cl3FN5O3S2. The second-order valence-corrected chi connectivity index (χ2v) is 10.7. The number of nitrogens with zero attached hydrogens (tertiary/aromatic N) is 4. The number of aromatic amines is 1. The molecule has 0 bridgehead atoms. The zero-order chi connectivity index (χ0) is 24.5. The quantitative estimate of drug-likeness (QED) is 0.334. The molecule has 1 atom stereocenters. The van der Waals surface area contributed by atoms with Gasteiger partial charge in [0.15, 0.2) is 0 Å². The number of hydrogen-bond donors (Lipinski definition) is 1. The number of rotatable bonds is 6. The van der Waals surface area contributed by atoms with Crippen LogP contribution >= 0.6 is 48.6 Å². The molecule has 8 nitrogen and oxygen atoms in total. The van der Waals surface area contributed by atoms with Gasteiger partial charge in [-0.2, -0.15) is 13.5 Å². The van der Waals surface area contributed by atoms with Crippen molar-refractivity contribution in [2.45, 2.75) is 37.8 Å². The van der Waals surface area contributed by atoms with E-state index in [2.05, 4.69) is 26.0 Å². The molecule has 1 fully saturated rings. The topological polar surface area (TPSA) is 99.3 Å². The lowest BCUT2D eigenvalue weighted by Gasteiger charge is -2.40. The van der Waals surface area contributed by atoms with Crippen LogP contribution in [0, 0.1) is 19.3 Å². The van der Waals surface area contributed by atoms with Gasteiger partial charge in [-0.15, -0.1) is 58.9 Å². The summed E-state index contributed by atoms with van der Waals surface area (Å²) in [5.74, 6) is 2.41. The van der Waals surface area contributed by atoms with Gasteiger partial charge >= 0.3 is 10.2 Å². The first-order valence-electron chi connectivity index (χ1n) is 10.7. The highest BCUT2D eigenvalue weighted by molar-refractivity contribution is 7.86. The highest BCUT2D eigenvalue weighted by Gasteiger charge is 2.28. The van der Waals surface area contributed by atoms with E-state index < -0.39 is 15.1 Å². The number of carbonyl (C=O) groups excluding carboxylic acids is 1. The molecule has 14 heteroatoms. The van der Waals surface area contributed by atoms with Gasteiger partial charge in [0.25, 0.3) is 0 Å². The Labute approximate surface area is 238 Å². The van der Waals surface area contributed by atoms with Crippen LogP contribution in [0.25, 0.3) is 10.7 Å². The highest BCUT2D eigenvalue weighted by atomic mass is 35.5. The van der Waals surface area contributed by atoms with E-state index in [-0.39, 0.29) is 55.6 Å². The summed E-state index contributed by atoms with van der Waals surface area (Å²) in [5, 5.41) is 7.65. The molecule has 0 unspecified atom stereocenters. The molecule has 1 amide bonds. The molecule has 1 aliphatic rings. The molecule has 202 valence electrons. The molecule has 1 N–H and O–H groups in total. The molecular weight excluding hydrogens is 584 g/mol. The van der Waals surface area contributed by atoms with E-state index in [0.717, 1.165) is 27.3 Å². The molecule has 1 aromatic carbocycles. The van der Waals surface area contributed by atoms with Gasteiger partial charge in [0.2, 0.25) is 5.91 Å². The number of benzene rings is 1. The second-order valence-electron chi connectivity index (χ2n) is 8.29. The minimum absolute atomic E-state index is 0. The van der Waals surface area contributed by atoms with Crippen LogP contribution in [-0.2, 0) is 28.0 Å². The van der Waals surface area contributed by atoms with E-state index in [4.69, 9.17) is 6.42 Å². The summed E-state index contributed by atoms with van der Waals surface area (Å²) in [6, 6.07) is 5.94. The fourth-order valence-corrected chi connectivity index (χ4v) is 5.69. The number of amides is 1. The third-order valence-corrected chi connectivity index (χ3v) is 7.78. The fraction of sp³-hybridized carbons (Fsp3) is 0.348. The zero-order valence-corrected chi connectivity index (χ0v) is 24.1. The average Bonchev–Trinajstić information content (AvgIpc) is 3.43. The molecule has 0 radical (unpaired) electrons. The molecule has 4 rings (SSSR count). The van der Waals surface area contributed by atoms with Crippen LogP contribution in [0.5, 0.6) is 0 Å². The Kier molecular flexibility index (Phi) is 12.0. The van der Waals surface area contributed by atoms with Crippen LogP contribution in [0.1, 0.15) is 28.6 Å².